The highest BCUT2D eigenvalue weighted by Gasteiger charge is 2.21. The second-order valence-corrected chi connectivity index (χ2v) is 6.52. The lowest BCUT2D eigenvalue weighted by Crippen LogP contribution is -2.19. The Hall–Kier alpha value is -1.54. The molecule has 0 bridgehead atoms. The maximum atomic E-state index is 6.15. The van der Waals surface area contributed by atoms with E-state index in [9.17, 15) is 0 Å². The quantitative estimate of drug-likeness (QED) is 0.806. The van der Waals surface area contributed by atoms with E-state index in [0.29, 0.717) is 6.04 Å². The molecule has 2 nitrogen and oxygen atoms in total. The molecule has 2 heteroatoms. The van der Waals surface area contributed by atoms with Crippen molar-refractivity contribution in [3.63, 3.8) is 0 Å². The van der Waals surface area contributed by atoms with Crippen molar-refractivity contribution in [3.8, 4) is 11.3 Å². The maximum Gasteiger partial charge on any atom is 0.134 e. The van der Waals surface area contributed by atoms with Crippen molar-refractivity contribution in [2.75, 3.05) is 6.54 Å². The monoisotopic (exact) mass is 285 g/mol. The van der Waals surface area contributed by atoms with Crippen molar-refractivity contribution < 1.29 is 4.42 Å². The van der Waals surface area contributed by atoms with E-state index in [1.54, 1.807) is 0 Å². The number of rotatable bonds is 5. The summed E-state index contributed by atoms with van der Waals surface area (Å²) in [5, 5.41) is 3.46. The SMILES string of the molecule is CCNC(CC)c1ccc(-c2ccccc2C(C)(C)C)o1. The molecule has 1 unspecified atom stereocenters. The predicted octanol–water partition coefficient (Wildman–Crippen LogP) is 5.30. The molecule has 1 N–H and O–H groups in total. The Labute approximate surface area is 128 Å². The molecule has 0 amide bonds. The fourth-order valence-corrected chi connectivity index (χ4v) is 2.73. The van der Waals surface area contributed by atoms with Crippen molar-refractivity contribution in [2.45, 2.75) is 52.5 Å². The first-order valence-corrected chi connectivity index (χ1v) is 7.90. The highest BCUT2D eigenvalue weighted by atomic mass is 16.3. The molecule has 2 aromatic rings. The van der Waals surface area contributed by atoms with Crippen LogP contribution in [0.15, 0.2) is 40.8 Å². The summed E-state index contributed by atoms with van der Waals surface area (Å²) in [6, 6.07) is 13.0. The topological polar surface area (TPSA) is 25.2 Å². The first-order chi connectivity index (χ1) is 9.97. The van der Waals surface area contributed by atoms with Crippen LogP contribution >= 0.6 is 0 Å². The van der Waals surface area contributed by atoms with E-state index in [2.05, 4.69) is 76.3 Å². The summed E-state index contributed by atoms with van der Waals surface area (Å²) in [6.07, 6.45) is 1.03. The normalized spacial score (nSPS) is 13.4. The van der Waals surface area contributed by atoms with E-state index in [1.165, 1.54) is 11.1 Å². The van der Waals surface area contributed by atoms with Crippen LogP contribution < -0.4 is 5.32 Å². The minimum Gasteiger partial charge on any atom is -0.459 e. The fourth-order valence-electron chi connectivity index (χ4n) is 2.73. The molecular formula is C19H27NO. The first-order valence-electron chi connectivity index (χ1n) is 7.90. The summed E-state index contributed by atoms with van der Waals surface area (Å²) in [4.78, 5) is 0. The molecule has 1 atom stereocenters. The number of nitrogens with one attached hydrogen (secondary N) is 1. The zero-order valence-electron chi connectivity index (χ0n) is 13.9. The van der Waals surface area contributed by atoms with Gasteiger partial charge in [0.1, 0.15) is 11.5 Å². The lowest BCUT2D eigenvalue weighted by Gasteiger charge is -2.22. The van der Waals surface area contributed by atoms with Crippen LogP contribution in [0.4, 0.5) is 0 Å². The molecular weight excluding hydrogens is 258 g/mol. The minimum absolute atomic E-state index is 0.107. The van der Waals surface area contributed by atoms with Crippen LogP contribution in [0.2, 0.25) is 0 Å². The molecule has 0 spiro atoms. The van der Waals surface area contributed by atoms with Gasteiger partial charge in [0, 0.05) is 5.56 Å². The van der Waals surface area contributed by atoms with Crippen LogP contribution in [0.5, 0.6) is 0 Å². The molecule has 114 valence electrons. The fraction of sp³-hybridized carbons (Fsp3) is 0.474. The van der Waals surface area contributed by atoms with Gasteiger partial charge in [-0.25, -0.2) is 0 Å². The molecule has 0 aliphatic carbocycles. The molecule has 0 saturated carbocycles. The van der Waals surface area contributed by atoms with E-state index >= 15 is 0 Å². The van der Waals surface area contributed by atoms with Gasteiger partial charge in [-0.1, -0.05) is 58.9 Å². The van der Waals surface area contributed by atoms with Crippen molar-refractivity contribution in [2.24, 2.45) is 0 Å². The molecule has 0 aliphatic heterocycles. The summed E-state index contributed by atoms with van der Waals surface area (Å²) in [5.41, 5.74) is 2.63. The zero-order valence-corrected chi connectivity index (χ0v) is 13.9. The molecule has 2 rings (SSSR count). The Kier molecular flexibility index (Phi) is 4.89. The van der Waals surface area contributed by atoms with Gasteiger partial charge >= 0.3 is 0 Å². The van der Waals surface area contributed by atoms with Crippen molar-refractivity contribution in [1.29, 1.82) is 0 Å². The average Bonchev–Trinajstić information content (AvgIpc) is 2.93. The van der Waals surface area contributed by atoms with Gasteiger partial charge in [-0.05, 0) is 36.1 Å². The third-order valence-electron chi connectivity index (χ3n) is 3.83. The van der Waals surface area contributed by atoms with Crippen LogP contribution in [0, 0.1) is 0 Å². The van der Waals surface area contributed by atoms with Crippen LogP contribution in [0.3, 0.4) is 0 Å². The number of hydrogen-bond acceptors (Lipinski definition) is 2. The number of hydrogen-bond donors (Lipinski definition) is 1. The van der Waals surface area contributed by atoms with Crippen molar-refractivity contribution in [3.05, 3.63) is 47.7 Å². The number of benzene rings is 1. The van der Waals surface area contributed by atoms with Gasteiger partial charge in [-0.15, -0.1) is 0 Å². The standard InChI is InChI=1S/C19H27NO/c1-6-16(20-7-2)18-13-12-17(21-18)14-10-8-9-11-15(14)19(3,4)5/h8-13,16,20H,6-7H2,1-5H3. The van der Waals surface area contributed by atoms with E-state index in [0.717, 1.165) is 24.5 Å². The Morgan fingerprint density at radius 1 is 1.05 bits per heavy atom. The van der Waals surface area contributed by atoms with Crippen molar-refractivity contribution >= 4 is 0 Å². The number of furan rings is 1. The highest BCUT2D eigenvalue weighted by molar-refractivity contribution is 5.64. The molecule has 0 radical (unpaired) electrons. The van der Waals surface area contributed by atoms with Crippen LogP contribution in [-0.2, 0) is 5.41 Å². The smallest absolute Gasteiger partial charge is 0.134 e. The van der Waals surface area contributed by atoms with E-state index in [4.69, 9.17) is 4.42 Å². The van der Waals surface area contributed by atoms with Gasteiger partial charge in [0.05, 0.1) is 6.04 Å². The summed E-state index contributed by atoms with van der Waals surface area (Å²) < 4.78 is 6.15. The van der Waals surface area contributed by atoms with Gasteiger partial charge in [0.2, 0.25) is 0 Å². The van der Waals surface area contributed by atoms with Gasteiger partial charge in [-0.3, -0.25) is 0 Å². The van der Waals surface area contributed by atoms with Crippen LogP contribution in [0.25, 0.3) is 11.3 Å². The summed E-state index contributed by atoms with van der Waals surface area (Å²) in [7, 11) is 0. The molecule has 0 saturated heterocycles. The second-order valence-electron chi connectivity index (χ2n) is 6.52. The summed E-state index contributed by atoms with van der Waals surface area (Å²) in [6.45, 7) is 12.0. The Morgan fingerprint density at radius 3 is 2.38 bits per heavy atom. The molecule has 0 fully saturated rings. The molecule has 1 heterocycles. The van der Waals surface area contributed by atoms with E-state index in [1.807, 2.05) is 0 Å². The van der Waals surface area contributed by atoms with E-state index < -0.39 is 0 Å². The average molecular weight is 285 g/mol. The zero-order chi connectivity index (χ0) is 15.5. The Bertz CT molecular complexity index is 577. The van der Waals surface area contributed by atoms with Gasteiger partial charge in [-0.2, -0.15) is 0 Å². The Balaban J connectivity index is 2.38. The summed E-state index contributed by atoms with van der Waals surface area (Å²) >= 11 is 0. The first kappa shape index (κ1) is 15.8. The predicted molar refractivity (Wildman–Crippen MR) is 89.6 cm³/mol. The lowest BCUT2D eigenvalue weighted by molar-refractivity contribution is 0.416. The molecule has 21 heavy (non-hydrogen) atoms. The molecule has 1 aromatic carbocycles. The van der Waals surface area contributed by atoms with Crippen molar-refractivity contribution in [1.82, 2.24) is 5.32 Å². The third-order valence-corrected chi connectivity index (χ3v) is 3.83. The Morgan fingerprint density at radius 2 is 1.76 bits per heavy atom. The highest BCUT2D eigenvalue weighted by Crippen LogP contribution is 2.34. The van der Waals surface area contributed by atoms with Crippen LogP contribution in [-0.4, -0.2) is 6.54 Å². The molecule has 1 aromatic heterocycles. The third kappa shape index (κ3) is 3.56. The van der Waals surface area contributed by atoms with Gasteiger partial charge in [0.25, 0.3) is 0 Å². The van der Waals surface area contributed by atoms with Crippen LogP contribution in [0.1, 0.15) is 58.4 Å². The minimum atomic E-state index is 0.107. The largest absolute Gasteiger partial charge is 0.459 e. The molecule has 0 aliphatic rings. The van der Waals surface area contributed by atoms with E-state index in [-0.39, 0.29) is 5.41 Å². The van der Waals surface area contributed by atoms with Gasteiger partial charge in [0.15, 0.2) is 0 Å². The summed E-state index contributed by atoms with van der Waals surface area (Å²) in [5.74, 6) is 1.99. The van der Waals surface area contributed by atoms with Gasteiger partial charge < -0.3 is 9.73 Å². The lowest BCUT2D eigenvalue weighted by atomic mass is 9.83. The second kappa shape index (κ2) is 6.48. The maximum absolute atomic E-state index is 6.15.